The fourth-order valence-electron chi connectivity index (χ4n) is 1.92. The molecule has 1 aromatic heterocycles. The summed E-state index contributed by atoms with van der Waals surface area (Å²) in [5.74, 6) is 0.759. The van der Waals surface area contributed by atoms with E-state index in [4.69, 9.17) is 0 Å². The first-order valence-corrected chi connectivity index (χ1v) is 6.34. The van der Waals surface area contributed by atoms with Crippen molar-refractivity contribution in [3.63, 3.8) is 0 Å². The van der Waals surface area contributed by atoms with Gasteiger partial charge in [0.1, 0.15) is 11.5 Å². The van der Waals surface area contributed by atoms with Crippen LogP contribution in [0.25, 0.3) is 0 Å². The highest BCUT2D eigenvalue weighted by molar-refractivity contribution is 5.92. The first kappa shape index (κ1) is 12.6. The number of aromatic nitrogens is 1. The Morgan fingerprint density at radius 1 is 1.39 bits per heavy atom. The van der Waals surface area contributed by atoms with Crippen LogP contribution in [0.2, 0.25) is 0 Å². The largest absolute Gasteiger partial charge is 0.368 e. The highest BCUT2D eigenvalue weighted by Crippen LogP contribution is 2.11. The van der Waals surface area contributed by atoms with Gasteiger partial charge in [0.15, 0.2) is 0 Å². The van der Waals surface area contributed by atoms with Gasteiger partial charge in [-0.1, -0.05) is 18.2 Å². The molecule has 1 amide bonds. The van der Waals surface area contributed by atoms with Gasteiger partial charge in [-0.3, -0.25) is 4.79 Å². The predicted molar refractivity (Wildman–Crippen MR) is 72.7 cm³/mol. The van der Waals surface area contributed by atoms with E-state index in [1.54, 1.807) is 6.07 Å². The molecule has 1 aromatic rings. The molecule has 96 valence electrons. The van der Waals surface area contributed by atoms with Crippen LogP contribution in [0, 0.1) is 0 Å². The van der Waals surface area contributed by atoms with Crippen molar-refractivity contribution in [2.75, 3.05) is 18.4 Å². The van der Waals surface area contributed by atoms with Gasteiger partial charge in [-0.25, -0.2) is 4.98 Å². The molecule has 0 bridgehead atoms. The number of hydrogen-bond donors (Lipinski definition) is 1. The quantitative estimate of drug-likeness (QED) is 0.831. The van der Waals surface area contributed by atoms with Crippen LogP contribution in [0.1, 0.15) is 30.8 Å². The highest BCUT2D eigenvalue weighted by atomic mass is 16.2. The van der Waals surface area contributed by atoms with Gasteiger partial charge in [-0.05, 0) is 32.4 Å². The number of rotatable bonds is 3. The van der Waals surface area contributed by atoms with Crippen molar-refractivity contribution in [3.05, 3.63) is 36.0 Å². The Morgan fingerprint density at radius 2 is 2.22 bits per heavy atom. The standard InChI is InChI=1S/C14H19N3O/c1-11(2)15-13-8-6-7-12(16-13)14(18)17-9-4-3-5-10-17/h3-4,6-8,11H,5,9-10H2,1-2H3,(H,15,16). The van der Waals surface area contributed by atoms with E-state index in [0.29, 0.717) is 18.3 Å². The first-order valence-electron chi connectivity index (χ1n) is 6.34. The average Bonchev–Trinajstić information content (AvgIpc) is 2.38. The Kier molecular flexibility index (Phi) is 3.97. The van der Waals surface area contributed by atoms with Gasteiger partial charge < -0.3 is 10.2 Å². The molecule has 1 N–H and O–H groups in total. The fourth-order valence-corrected chi connectivity index (χ4v) is 1.92. The van der Waals surface area contributed by atoms with Crippen molar-refractivity contribution in [3.8, 4) is 0 Å². The third-order valence-electron chi connectivity index (χ3n) is 2.75. The Bertz CT molecular complexity index is 454. The molecule has 0 saturated heterocycles. The zero-order chi connectivity index (χ0) is 13.0. The minimum absolute atomic E-state index is 0.00626. The summed E-state index contributed by atoms with van der Waals surface area (Å²) in [5.41, 5.74) is 0.510. The van der Waals surface area contributed by atoms with Gasteiger partial charge in [0.05, 0.1) is 0 Å². The summed E-state index contributed by atoms with van der Waals surface area (Å²) in [6.45, 7) is 5.55. The van der Waals surface area contributed by atoms with Crippen molar-refractivity contribution in [2.45, 2.75) is 26.3 Å². The predicted octanol–water partition coefficient (Wildman–Crippen LogP) is 2.30. The zero-order valence-corrected chi connectivity index (χ0v) is 10.9. The van der Waals surface area contributed by atoms with E-state index in [2.05, 4.69) is 16.4 Å². The van der Waals surface area contributed by atoms with E-state index in [0.717, 1.165) is 18.8 Å². The molecular weight excluding hydrogens is 226 g/mol. The molecule has 0 aliphatic carbocycles. The second-order valence-corrected chi connectivity index (χ2v) is 4.72. The topological polar surface area (TPSA) is 45.2 Å². The molecule has 1 aliphatic rings. The Morgan fingerprint density at radius 3 is 2.89 bits per heavy atom. The molecule has 2 rings (SSSR count). The number of hydrogen-bond acceptors (Lipinski definition) is 3. The molecule has 0 aromatic carbocycles. The number of carbonyl (C=O) groups is 1. The van der Waals surface area contributed by atoms with Crippen LogP contribution in [0.15, 0.2) is 30.4 Å². The number of nitrogens with one attached hydrogen (secondary N) is 1. The van der Waals surface area contributed by atoms with Crippen LogP contribution in [-0.4, -0.2) is 34.9 Å². The Hall–Kier alpha value is -1.84. The fraction of sp³-hybridized carbons (Fsp3) is 0.429. The first-order chi connectivity index (χ1) is 8.66. The van der Waals surface area contributed by atoms with E-state index in [1.165, 1.54) is 0 Å². The second kappa shape index (κ2) is 5.67. The molecular formula is C14H19N3O. The maximum Gasteiger partial charge on any atom is 0.272 e. The van der Waals surface area contributed by atoms with Crippen molar-refractivity contribution < 1.29 is 4.79 Å². The summed E-state index contributed by atoms with van der Waals surface area (Å²) in [5, 5.41) is 3.21. The molecule has 18 heavy (non-hydrogen) atoms. The summed E-state index contributed by atoms with van der Waals surface area (Å²) >= 11 is 0. The van der Waals surface area contributed by atoms with Gasteiger partial charge >= 0.3 is 0 Å². The normalized spacial score (nSPS) is 14.9. The maximum absolute atomic E-state index is 12.2. The number of pyridine rings is 1. The summed E-state index contributed by atoms with van der Waals surface area (Å²) in [6.07, 6.45) is 5.06. The van der Waals surface area contributed by atoms with Gasteiger partial charge in [0.2, 0.25) is 0 Å². The van der Waals surface area contributed by atoms with Crippen LogP contribution < -0.4 is 5.32 Å². The molecule has 0 spiro atoms. The minimum Gasteiger partial charge on any atom is -0.368 e. The summed E-state index contributed by atoms with van der Waals surface area (Å²) in [7, 11) is 0. The Labute approximate surface area is 108 Å². The molecule has 0 radical (unpaired) electrons. The average molecular weight is 245 g/mol. The van der Waals surface area contributed by atoms with Crippen molar-refractivity contribution in [1.29, 1.82) is 0 Å². The van der Waals surface area contributed by atoms with Crippen LogP contribution in [0.4, 0.5) is 5.82 Å². The lowest BCUT2D eigenvalue weighted by molar-refractivity contribution is 0.0765. The van der Waals surface area contributed by atoms with Crippen LogP contribution in [-0.2, 0) is 0 Å². The molecule has 4 heteroatoms. The Balaban J connectivity index is 2.12. The third-order valence-corrected chi connectivity index (χ3v) is 2.75. The van der Waals surface area contributed by atoms with Crippen LogP contribution in [0.5, 0.6) is 0 Å². The van der Waals surface area contributed by atoms with Crippen LogP contribution >= 0.6 is 0 Å². The molecule has 1 aliphatic heterocycles. The lowest BCUT2D eigenvalue weighted by atomic mass is 10.2. The van der Waals surface area contributed by atoms with E-state index in [1.807, 2.05) is 37.0 Å². The van der Waals surface area contributed by atoms with Gasteiger partial charge in [0, 0.05) is 19.1 Å². The molecule has 0 saturated carbocycles. The van der Waals surface area contributed by atoms with Crippen molar-refractivity contribution in [1.82, 2.24) is 9.88 Å². The molecule has 4 nitrogen and oxygen atoms in total. The van der Waals surface area contributed by atoms with Crippen molar-refractivity contribution in [2.24, 2.45) is 0 Å². The number of anilines is 1. The second-order valence-electron chi connectivity index (χ2n) is 4.72. The van der Waals surface area contributed by atoms with Gasteiger partial charge in [-0.15, -0.1) is 0 Å². The summed E-state index contributed by atoms with van der Waals surface area (Å²) in [4.78, 5) is 18.4. The third kappa shape index (κ3) is 3.09. The smallest absolute Gasteiger partial charge is 0.272 e. The number of carbonyl (C=O) groups excluding carboxylic acids is 1. The zero-order valence-electron chi connectivity index (χ0n) is 10.9. The van der Waals surface area contributed by atoms with E-state index < -0.39 is 0 Å². The number of nitrogens with zero attached hydrogens (tertiary/aromatic N) is 2. The van der Waals surface area contributed by atoms with Gasteiger partial charge in [0.25, 0.3) is 5.91 Å². The van der Waals surface area contributed by atoms with Crippen LogP contribution in [0.3, 0.4) is 0 Å². The molecule has 0 fully saturated rings. The van der Waals surface area contributed by atoms with E-state index in [9.17, 15) is 4.79 Å². The van der Waals surface area contributed by atoms with Crippen molar-refractivity contribution >= 4 is 11.7 Å². The highest BCUT2D eigenvalue weighted by Gasteiger charge is 2.17. The monoisotopic (exact) mass is 245 g/mol. The molecule has 0 atom stereocenters. The summed E-state index contributed by atoms with van der Waals surface area (Å²) in [6, 6.07) is 5.82. The SMILES string of the molecule is CC(C)Nc1cccc(C(=O)N2CC=CCC2)n1. The van der Waals surface area contributed by atoms with Gasteiger partial charge in [-0.2, -0.15) is 0 Å². The van der Waals surface area contributed by atoms with E-state index in [-0.39, 0.29) is 5.91 Å². The number of amides is 1. The maximum atomic E-state index is 12.2. The molecule has 0 unspecified atom stereocenters. The molecule has 2 heterocycles. The lowest BCUT2D eigenvalue weighted by Gasteiger charge is -2.23. The van der Waals surface area contributed by atoms with E-state index >= 15 is 0 Å². The summed E-state index contributed by atoms with van der Waals surface area (Å²) < 4.78 is 0. The lowest BCUT2D eigenvalue weighted by Crippen LogP contribution is -2.34. The minimum atomic E-state index is 0.00626.